The predicted octanol–water partition coefficient (Wildman–Crippen LogP) is 2.78. The maximum atomic E-state index is 12.1. The Bertz CT molecular complexity index is 499. The van der Waals surface area contributed by atoms with E-state index in [0.717, 1.165) is 18.4 Å². The lowest BCUT2D eigenvalue weighted by Gasteiger charge is -2.16. The van der Waals surface area contributed by atoms with Gasteiger partial charge in [0.15, 0.2) is 0 Å². The van der Waals surface area contributed by atoms with Gasteiger partial charge < -0.3 is 15.2 Å². The van der Waals surface area contributed by atoms with Gasteiger partial charge in [-0.3, -0.25) is 4.79 Å². The molecular formula is C17H25NO4. The highest BCUT2D eigenvalue weighted by atomic mass is 16.5. The topological polar surface area (TPSA) is 75.6 Å². The van der Waals surface area contributed by atoms with E-state index in [-0.39, 0.29) is 18.4 Å². The number of benzene rings is 1. The molecule has 1 atom stereocenters. The highest BCUT2D eigenvalue weighted by Gasteiger charge is 2.20. The monoisotopic (exact) mass is 307 g/mol. The van der Waals surface area contributed by atoms with Crippen molar-refractivity contribution in [3.8, 4) is 5.75 Å². The average molecular weight is 307 g/mol. The fourth-order valence-corrected chi connectivity index (χ4v) is 2.10. The molecule has 5 heteroatoms. The zero-order valence-corrected chi connectivity index (χ0v) is 13.5. The van der Waals surface area contributed by atoms with Crippen molar-refractivity contribution in [1.82, 2.24) is 5.32 Å². The van der Waals surface area contributed by atoms with Crippen molar-refractivity contribution in [2.75, 3.05) is 0 Å². The van der Waals surface area contributed by atoms with Gasteiger partial charge in [-0.05, 0) is 26.3 Å². The van der Waals surface area contributed by atoms with Crippen LogP contribution in [0.25, 0.3) is 0 Å². The van der Waals surface area contributed by atoms with Crippen molar-refractivity contribution in [3.63, 3.8) is 0 Å². The molecule has 0 aliphatic rings. The third-order valence-corrected chi connectivity index (χ3v) is 3.17. The lowest BCUT2D eigenvalue weighted by Crippen LogP contribution is -2.41. The summed E-state index contributed by atoms with van der Waals surface area (Å²) < 4.78 is 5.67. The van der Waals surface area contributed by atoms with Crippen molar-refractivity contribution in [1.29, 1.82) is 0 Å². The third-order valence-electron chi connectivity index (χ3n) is 3.17. The van der Waals surface area contributed by atoms with Gasteiger partial charge in [-0.15, -0.1) is 0 Å². The second-order valence-electron chi connectivity index (χ2n) is 5.55. The molecule has 0 fully saturated rings. The van der Waals surface area contributed by atoms with Crippen LogP contribution < -0.4 is 10.1 Å². The fraction of sp³-hybridized carbons (Fsp3) is 0.529. The van der Waals surface area contributed by atoms with Gasteiger partial charge in [-0.2, -0.15) is 0 Å². The van der Waals surface area contributed by atoms with E-state index >= 15 is 0 Å². The number of rotatable bonds is 9. The number of para-hydroxylation sites is 1. The van der Waals surface area contributed by atoms with E-state index in [1.165, 1.54) is 0 Å². The number of carbonyl (C=O) groups is 2. The molecule has 2 N–H and O–H groups in total. The Hall–Kier alpha value is -2.04. The smallest absolute Gasteiger partial charge is 0.326 e. The second-order valence-corrected chi connectivity index (χ2v) is 5.55. The lowest BCUT2D eigenvalue weighted by atomic mass is 10.1. The Kier molecular flexibility index (Phi) is 7.43. The van der Waals surface area contributed by atoms with Gasteiger partial charge in [0.25, 0.3) is 0 Å². The molecule has 0 heterocycles. The van der Waals surface area contributed by atoms with Crippen molar-refractivity contribution in [2.24, 2.45) is 0 Å². The van der Waals surface area contributed by atoms with Crippen LogP contribution in [0.5, 0.6) is 5.75 Å². The number of amides is 1. The number of ether oxygens (including phenoxy) is 1. The van der Waals surface area contributed by atoms with Gasteiger partial charge >= 0.3 is 5.97 Å². The maximum Gasteiger partial charge on any atom is 0.326 e. The molecule has 122 valence electrons. The summed E-state index contributed by atoms with van der Waals surface area (Å²) in [5, 5.41) is 11.7. The summed E-state index contributed by atoms with van der Waals surface area (Å²) in [6.07, 6.45) is 2.23. The number of hydrogen-bond donors (Lipinski definition) is 2. The van der Waals surface area contributed by atoms with Gasteiger partial charge in [-0.1, -0.05) is 38.0 Å². The summed E-state index contributed by atoms with van der Waals surface area (Å²) >= 11 is 0. The van der Waals surface area contributed by atoms with Crippen LogP contribution in [0, 0.1) is 0 Å². The SMILES string of the molecule is CCCC[C@H](NC(=O)Cc1ccccc1OC(C)C)C(=O)O. The quantitative estimate of drug-likeness (QED) is 0.735. The van der Waals surface area contributed by atoms with Gasteiger partial charge in [-0.25, -0.2) is 4.79 Å². The van der Waals surface area contributed by atoms with Crippen LogP contribution in [0.2, 0.25) is 0 Å². The first-order valence-electron chi connectivity index (χ1n) is 7.70. The van der Waals surface area contributed by atoms with Crippen molar-refractivity contribution < 1.29 is 19.4 Å². The van der Waals surface area contributed by atoms with E-state index in [1.54, 1.807) is 0 Å². The van der Waals surface area contributed by atoms with Gasteiger partial charge in [0.2, 0.25) is 5.91 Å². The van der Waals surface area contributed by atoms with Crippen LogP contribution in [0.3, 0.4) is 0 Å². The molecule has 1 aromatic carbocycles. The Morgan fingerprint density at radius 1 is 1.27 bits per heavy atom. The molecule has 1 rings (SSSR count). The highest BCUT2D eigenvalue weighted by molar-refractivity contribution is 5.85. The Morgan fingerprint density at radius 2 is 1.95 bits per heavy atom. The minimum Gasteiger partial charge on any atom is -0.491 e. The maximum absolute atomic E-state index is 12.1. The van der Waals surface area contributed by atoms with Crippen LogP contribution in [-0.2, 0) is 16.0 Å². The summed E-state index contributed by atoms with van der Waals surface area (Å²) in [7, 11) is 0. The minimum absolute atomic E-state index is 0.0144. The summed E-state index contributed by atoms with van der Waals surface area (Å²) in [6, 6.07) is 6.49. The van der Waals surface area contributed by atoms with E-state index < -0.39 is 12.0 Å². The number of carboxylic acid groups (broad SMARTS) is 1. The first kappa shape index (κ1) is 18.0. The van der Waals surface area contributed by atoms with Gasteiger partial charge in [0.05, 0.1) is 12.5 Å². The molecule has 0 saturated heterocycles. The molecule has 0 spiro atoms. The van der Waals surface area contributed by atoms with E-state index in [2.05, 4.69) is 5.32 Å². The fourth-order valence-electron chi connectivity index (χ4n) is 2.10. The molecule has 0 saturated carbocycles. The van der Waals surface area contributed by atoms with Crippen LogP contribution in [-0.4, -0.2) is 29.1 Å². The molecule has 0 unspecified atom stereocenters. The Morgan fingerprint density at radius 3 is 2.55 bits per heavy atom. The van der Waals surface area contributed by atoms with Gasteiger partial charge in [0, 0.05) is 5.56 Å². The van der Waals surface area contributed by atoms with Crippen molar-refractivity contribution in [2.45, 2.75) is 58.6 Å². The highest BCUT2D eigenvalue weighted by Crippen LogP contribution is 2.20. The molecule has 5 nitrogen and oxygen atoms in total. The third kappa shape index (κ3) is 6.16. The summed E-state index contributed by atoms with van der Waals surface area (Å²) in [5.41, 5.74) is 0.758. The Balaban J connectivity index is 2.69. The largest absolute Gasteiger partial charge is 0.491 e. The predicted molar refractivity (Wildman–Crippen MR) is 85.0 cm³/mol. The number of hydrogen-bond acceptors (Lipinski definition) is 3. The lowest BCUT2D eigenvalue weighted by molar-refractivity contribution is -0.142. The molecule has 0 aliphatic carbocycles. The first-order valence-corrected chi connectivity index (χ1v) is 7.70. The van der Waals surface area contributed by atoms with Crippen LogP contribution in [0.15, 0.2) is 24.3 Å². The number of aliphatic carboxylic acids is 1. The van der Waals surface area contributed by atoms with Gasteiger partial charge in [0.1, 0.15) is 11.8 Å². The zero-order valence-electron chi connectivity index (χ0n) is 13.5. The van der Waals surface area contributed by atoms with E-state index in [4.69, 9.17) is 9.84 Å². The number of carboxylic acids is 1. The van der Waals surface area contributed by atoms with E-state index in [9.17, 15) is 9.59 Å². The van der Waals surface area contributed by atoms with Crippen LogP contribution in [0.1, 0.15) is 45.6 Å². The molecule has 1 aromatic rings. The molecule has 22 heavy (non-hydrogen) atoms. The standard InChI is InChI=1S/C17H25NO4/c1-4-5-9-14(17(20)21)18-16(19)11-13-8-6-7-10-15(13)22-12(2)3/h6-8,10,12,14H,4-5,9,11H2,1-3H3,(H,18,19)(H,20,21)/t14-/m0/s1. The number of carbonyl (C=O) groups excluding carboxylic acids is 1. The molecule has 0 bridgehead atoms. The average Bonchev–Trinajstić information content (AvgIpc) is 2.44. The summed E-state index contributed by atoms with van der Waals surface area (Å²) in [5.74, 6) is -0.634. The Labute approximate surface area is 131 Å². The number of nitrogens with one attached hydrogen (secondary N) is 1. The van der Waals surface area contributed by atoms with Crippen LogP contribution in [0.4, 0.5) is 0 Å². The van der Waals surface area contributed by atoms with Crippen molar-refractivity contribution in [3.05, 3.63) is 29.8 Å². The molecular weight excluding hydrogens is 282 g/mol. The zero-order chi connectivity index (χ0) is 16.5. The summed E-state index contributed by atoms with van der Waals surface area (Å²) in [6.45, 7) is 5.82. The summed E-state index contributed by atoms with van der Waals surface area (Å²) in [4.78, 5) is 23.3. The molecule has 1 amide bonds. The van der Waals surface area contributed by atoms with E-state index in [1.807, 2.05) is 45.0 Å². The molecule has 0 aromatic heterocycles. The first-order chi connectivity index (χ1) is 10.4. The molecule has 0 radical (unpaired) electrons. The van der Waals surface area contributed by atoms with Crippen molar-refractivity contribution >= 4 is 11.9 Å². The second kappa shape index (κ2) is 9.07. The minimum atomic E-state index is -0.992. The van der Waals surface area contributed by atoms with Crippen LogP contribution >= 0.6 is 0 Å². The molecule has 0 aliphatic heterocycles. The normalized spacial score (nSPS) is 12.0. The number of unbranched alkanes of at least 4 members (excludes halogenated alkanes) is 1. The van der Waals surface area contributed by atoms with E-state index in [0.29, 0.717) is 12.2 Å².